The molecule has 0 bridgehead atoms. The number of morpholine rings is 1. The Morgan fingerprint density at radius 2 is 2.05 bits per heavy atom. The lowest BCUT2D eigenvalue weighted by Crippen LogP contribution is -2.48. The van der Waals surface area contributed by atoms with Gasteiger partial charge in [-0.15, -0.1) is 0 Å². The molecule has 4 heteroatoms. The second-order valence-electron chi connectivity index (χ2n) is 6.93. The fourth-order valence-electron chi connectivity index (χ4n) is 2.99. The molecule has 2 N–H and O–H groups in total. The van der Waals surface area contributed by atoms with E-state index in [-0.39, 0.29) is 6.10 Å². The molecular weight excluding hydrogens is 238 g/mol. The number of nitrogens with two attached hydrogens (primary N) is 1. The van der Waals surface area contributed by atoms with E-state index in [1.807, 2.05) is 0 Å². The average Bonchev–Trinajstić information content (AvgIpc) is 2.37. The molecule has 0 spiro atoms. The fourth-order valence-corrected chi connectivity index (χ4v) is 2.99. The first-order valence-electron chi connectivity index (χ1n) is 7.63. The molecule has 1 atom stereocenters. The van der Waals surface area contributed by atoms with Crippen LogP contribution in [0.25, 0.3) is 0 Å². The van der Waals surface area contributed by atoms with Gasteiger partial charge in [0, 0.05) is 19.6 Å². The Morgan fingerprint density at radius 3 is 2.68 bits per heavy atom. The first-order chi connectivity index (χ1) is 8.96. The molecule has 0 radical (unpaired) electrons. The molecule has 4 nitrogen and oxygen atoms in total. The van der Waals surface area contributed by atoms with E-state index < -0.39 is 0 Å². The van der Waals surface area contributed by atoms with E-state index in [0.717, 1.165) is 32.2 Å². The summed E-state index contributed by atoms with van der Waals surface area (Å²) in [6.07, 6.45) is 5.49. The van der Waals surface area contributed by atoms with Gasteiger partial charge in [-0.3, -0.25) is 4.99 Å². The molecule has 2 aliphatic rings. The van der Waals surface area contributed by atoms with Crippen LogP contribution in [-0.2, 0) is 4.74 Å². The Balaban J connectivity index is 1.78. The van der Waals surface area contributed by atoms with Gasteiger partial charge in [0.25, 0.3) is 0 Å². The SMILES string of the molecule is CC1CN(C(N)=NCC2CCC(C)(C)CC2)CCO1. The van der Waals surface area contributed by atoms with E-state index in [1.165, 1.54) is 25.7 Å². The van der Waals surface area contributed by atoms with Crippen molar-refractivity contribution < 1.29 is 4.74 Å². The van der Waals surface area contributed by atoms with Crippen molar-refractivity contribution in [3.8, 4) is 0 Å². The summed E-state index contributed by atoms with van der Waals surface area (Å²) in [6, 6.07) is 0. The number of hydrogen-bond donors (Lipinski definition) is 1. The molecule has 1 aliphatic heterocycles. The van der Waals surface area contributed by atoms with Crippen LogP contribution in [0.2, 0.25) is 0 Å². The molecule has 19 heavy (non-hydrogen) atoms. The highest BCUT2D eigenvalue weighted by molar-refractivity contribution is 5.78. The van der Waals surface area contributed by atoms with Crippen LogP contribution in [0.1, 0.15) is 46.5 Å². The maximum Gasteiger partial charge on any atom is 0.191 e. The maximum absolute atomic E-state index is 6.10. The fraction of sp³-hybridized carbons (Fsp3) is 0.933. The summed E-state index contributed by atoms with van der Waals surface area (Å²) in [5.41, 5.74) is 6.63. The number of hydrogen-bond acceptors (Lipinski definition) is 2. The molecule has 2 rings (SSSR count). The van der Waals surface area contributed by atoms with Crippen molar-refractivity contribution in [1.29, 1.82) is 0 Å². The van der Waals surface area contributed by atoms with Crippen LogP contribution < -0.4 is 5.73 Å². The van der Waals surface area contributed by atoms with Gasteiger partial charge in [0.2, 0.25) is 0 Å². The number of rotatable bonds is 2. The summed E-state index contributed by atoms with van der Waals surface area (Å²) in [6.45, 7) is 10.2. The second kappa shape index (κ2) is 6.12. The van der Waals surface area contributed by atoms with Crippen LogP contribution in [0.5, 0.6) is 0 Å². The largest absolute Gasteiger partial charge is 0.375 e. The van der Waals surface area contributed by atoms with E-state index in [9.17, 15) is 0 Å². The highest BCUT2D eigenvalue weighted by Crippen LogP contribution is 2.37. The van der Waals surface area contributed by atoms with Gasteiger partial charge in [-0.25, -0.2) is 0 Å². The summed E-state index contributed by atoms with van der Waals surface area (Å²) in [5.74, 6) is 1.44. The lowest BCUT2D eigenvalue weighted by atomic mass is 9.73. The van der Waals surface area contributed by atoms with Gasteiger partial charge in [-0.05, 0) is 43.9 Å². The van der Waals surface area contributed by atoms with E-state index in [1.54, 1.807) is 0 Å². The minimum Gasteiger partial charge on any atom is -0.375 e. The molecule has 0 aromatic carbocycles. The normalized spacial score (nSPS) is 29.5. The molecule has 0 amide bonds. The number of aliphatic imine (C=N–C) groups is 1. The van der Waals surface area contributed by atoms with Crippen LogP contribution in [0.3, 0.4) is 0 Å². The predicted molar refractivity (Wildman–Crippen MR) is 79.2 cm³/mol. The highest BCUT2D eigenvalue weighted by atomic mass is 16.5. The summed E-state index contributed by atoms with van der Waals surface area (Å²) in [5, 5.41) is 0. The third-order valence-electron chi connectivity index (χ3n) is 4.54. The molecule has 110 valence electrons. The van der Waals surface area contributed by atoms with Crippen LogP contribution in [0, 0.1) is 11.3 Å². The zero-order chi connectivity index (χ0) is 13.9. The lowest BCUT2D eigenvalue weighted by Gasteiger charge is -2.34. The molecule has 0 aromatic rings. The Kier molecular flexibility index (Phi) is 4.71. The summed E-state index contributed by atoms with van der Waals surface area (Å²) < 4.78 is 5.52. The Labute approximate surface area is 117 Å². The van der Waals surface area contributed by atoms with Gasteiger partial charge in [-0.2, -0.15) is 0 Å². The van der Waals surface area contributed by atoms with Crippen molar-refractivity contribution in [3.63, 3.8) is 0 Å². The van der Waals surface area contributed by atoms with Crippen molar-refractivity contribution in [2.45, 2.75) is 52.6 Å². The first-order valence-corrected chi connectivity index (χ1v) is 7.63. The molecule has 1 aliphatic carbocycles. The average molecular weight is 267 g/mol. The van der Waals surface area contributed by atoms with E-state index >= 15 is 0 Å². The molecule has 2 fully saturated rings. The lowest BCUT2D eigenvalue weighted by molar-refractivity contribution is 0.00525. The highest BCUT2D eigenvalue weighted by Gasteiger charge is 2.26. The quantitative estimate of drug-likeness (QED) is 0.616. The van der Waals surface area contributed by atoms with Crippen molar-refractivity contribution >= 4 is 5.96 Å². The van der Waals surface area contributed by atoms with Crippen LogP contribution in [-0.4, -0.2) is 43.2 Å². The number of nitrogens with zero attached hydrogens (tertiary/aromatic N) is 2. The Bertz CT molecular complexity index is 317. The number of guanidine groups is 1. The first kappa shape index (κ1) is 14.6. The molecule has 1 saturated carbocycles. The van der Waals surface area contributed by atoms with Crippen LogP contribution in [0.4, 0.5) is 0 Å². The van der Waals surface area contributed by atoms with Gasteiger partial charge in [0.1, 0.15) is 0 Å². The van der Waals surface area contributed by atoms with E-state index in [2.05, 4.69) is 30.7 Å². The topological polar surface area (TPSA) is 50.8 Å². The van der Waals surface area contributed by atoms with Crippen LogP contribution in [0.15, 0.2) is 4.99 Å². The molecule has 1 unspecified atom stereocenters. The van der Waals surface area contributed by atoms with Gasteiger partial charge >= 0.3 is 0 Å². The molecule has 1 saturated heterocycles. The van der Waals surface area contributed by atoms with Crippen molar-refractivity contribution in [2.24, 2.45) is 22.1 Å². The van der Waals surface area contributed by atoms with Gasteiger partial charge in [0.15, 0.2) is 5.96 Å². The molecule has 1 heterocycles. The zero-order valence-electron chi connectivity index (χ0n) is 12.7. The van der Waals surface area contributed by atoms with Crippen LogP contribution >= 0.6 is 0 Å². The maximum atomic E-state index is 6.10. The van der Waals surface area contributed by atoms with Crippen molar-refractivity contribution in [3.05, 3.63) is 0 Å². The zero-order valence-corrected chi connectivity index (χ0v) is 12.7. The minimum absolute atomic E-state index is 0.262. The van der Waals surface area contributed by atoms with Crippen molar-refractivity contribution in [1.82, 2.24) is 4.90 Å². The summed E-state index contributed by atoms with van der Waals surface area (Å²) in [4.78, 5) is 6.77. The monoisotopic (exact) mass is 267 g/mol. The Morgan fingerprint density at radius 1 is 1.37 bits per heavy atom. The van der Waals surface area contributed by atoms with E-state index in [0.29, 0.717) is 11.4 Å². The molecule has 0 aromatic heterocycles. The van der Waals surface area contributed by atoms with Gasteiger partial charge in [0.05, 0.1) is 12.7 Å². The summed E-state index contributed by atoms with van der Waals surface area (Å²) >= 11 is 0. The van der Waals surface area contributed by atoms with E-state index in [4.69, 9.17) is 10.5 Å². The third-order valence-corrected chi connectivity index (χ3v) is 4.54. The standard InChI is InChI=1S/C15H29N3O/c1-12-11-18(8-9-19-12)14(16)17-10-13-4-6-15(2,3)7-5-13/h12-13H,4-11H2,1-3H3,(H2,16,17). The Hall–Kier alpha value is -0.770. The third kappa shape index (κ3) is 4.37. The smallest absolute Gasteiger partial charge is 0.191 e. The predicted octanol–water partition coefficient (Wildman–Crippen LogP) is 2.24. The number of ether oxygens (including phenoxy) is 1. The van der Waals surface area contributed by atoms with Gasteiger partial charge < -0.3 is 15.4 Å². The molecular formula is C15H29N3O. The van der Waals surface area contributed by atoms with Gasteiger partial charge in [-0.1, -0.05) is 13.8 Å². The summed E-state index contributed by atoms with van der Waals surface area (Å²) in [7, 11) is 0. The van der Waals surface area contributed by atoms with Crippen molar-refractivity contribution in [2.75, 3.05) is 26.2 Å². The minimum atomic E-state index is 0.262. The second-order valence-corrected chi connectivity index (χ2v) is 6.93.